The predicted molar refractivity (Wildman–Crippen MR) is 87.2 cm³/mol. The summed E-state index contributed by atoms with van der Waals surface area (Å²) in [6.07, 6.45) is -0.248. The van der Waals surface area contributed by atoms with Crippen molar-refractivity contribution in [2.24, 2.45) is 5.84 Å². The van der Waals surface area contributed by atoms with Crippen molar-refractivity contribution in [3.8, 4) is 0 Å². The minimum Gasteiger partial charge on any atom is -0.476 e. The number of thiazole rings is 1. The first-order chi connectivity index (χ1) is 11.7. The average Bonchev–Trinajstić information content (AvgIpc) is 2.97. The Bertz CT molecular complexity index is 913. The van der Waals surface area contributed by atoms with Gasteiger partial charge in [0.15, 0.2) is 11.5 Å². The van der Waals surface area contributed by atoms with E-state index in [1.807, 2.05) is 0 Å². The maximum Gasteiger partial charge on any atom is 0.357 e. The summed E-state index contributed by atoms with van der Waals surface area (Å²) in [7, 11) is -4.22. The molecule has 25 heavy (non-hydrogen) atoms. The minimum atomic E-state index is -4.22. The number of nitrogens with two attached hydrogens (primary N) is 1. The second kappa shape index (κ2) is 7.65. The number of aromatic carboxylic acids is 1. The van der Waals surface area contributed by atoms with Gasteiger partial charge in [-0.1, -0.05) is 6.07 Å². The Hall–Kier alpha value is -2.41. The van der Waals surface area contributed by atoms with E-state index in [4.69, 9.17) is 10.9 Å². The number of ketones is 1. The van der Waals surface area contributed by atoms with E-state index >= 15 is 0 Å². The van der Waals surface area contributed by atoms with Crippen molar-refractivity contribution in [3.05, 3.63) is 40.8 Å². The van der Waals surface area contributed by atoms with Crippen LogP contribution in [-0.4, -0.2) is 36.8 Å². The van der Waals surface area contributed by atoms with Crippen molar-refractivity contribution in [2.45, 2.75) is 11.3 Å². The van der Waals surface area contributed by atoms with E-state index in [1.165, 1.54) is 11.6 Å². The summed E-state index contributed by atoms with van der Waals surface area (Å²) in [4.78, 5) is 25.5. The van der Waals surface area contributed by atoms with Crippen LogP contribution in [0.1, 0.15) is 16.1 Å². The van der Waals surface area contributed by atoms with Crippen LogP contribution in [0.5, 0.6) is 0 Å². The zero-order chi connectivity index (χ0) is 18.6. The van der Waals surface area contributed by atoms with Crippen LogP contribution in [0, 0.1) is 5.82 Å². The van der Waals surface area contributed by atoms with E-state index in [9.17, 15) is 22.4 Å². The third-order valence-corrected chi connectivity index (χ3v) is 5.24. The molecule has 0 atom stereocenters. The molecule has 0 radical (unpaired) electrons. The normalized spacial score (nSPS) is 11.3. The summed E-state index contributed by atoms with van der Waals surface area (Å²) >= 11 is 0.781. The average molecular weight is 388 g/mol. The number of carboxylic acids is 1. The van der Waals surface area contributed by atoms with Gasteiger partial charge in [-0.05, 0) is 17.7 Å². The molecule has 0 aliphatic rings. The second-order valence-electron chi connectivity index (χ2n) is 4.79. The first kappa shape index (κ1) is 18.9. The lowest BCUT2D eigenvalue weighted by atomic mass is 10.1. The summed E-state index contributed by atoms with van der Waals surface area (Å²) in [6, 6.07) is 3.04. The zero-order valence-corrected chi connectivity index (χ0v) is 14.2. The number of rotatable bonds is 8. The van der Waals surface area contributed by atoms with Gasteiger partial charge in [0, 0.05) is 6.42 Å². The van der Waals surface area contributed by atoms with Crippen molar-refractivity contribution in [1.29, 1.82) is 0 Å². The number of hydrogen-bond acceptors (Lipinski definition) is 8. The molecule has 0 aliphatic heterocycles. The molecular formula is C13H13FN4O5S2. The molecule has 0 saturated carbocycles. The highest BCUT2D eigenvalue weighted by Crippen LogP contribution is 2.25. The zero-order valence-electron chi connectivity index (χ0n) is 12.5. The molecule has 1 aromatic carbocycles. The number of carbonyl (C=O) groups excluding carboxylic acids is 1. The van der Waals surface area contributed by atoms with Crippen LogP contribution in [0.4, 0.5) is 9.39 Å². The lowest BCUT2D eigenvalue weighted by Gasteiger charge is -2.09. The van der Waals surface area contributed by atoms with Crippen LogP contribution in [0.15, 0.2) is 28.6 Å². The standard InChI is InChI=1S/C13H13FN4O5S2/c14-10-4-9(2-1-7(10)3-8(19)5-17-15)25(22,23)18-12-11(13(20)21)16-6-24-12/h1-2,4,6,17-18H,3,5,15H2,(H,20,21). The molecule has 2 rings (SSSR count). The molecular weight excluding hydrogens is 375 g/mol. The second-order valence-corrected chi connectivity index (χ2v) is 7.33. The lowest BCUT2D eigenvalue weighted by Crippen LogP contribution is -2.30. The number of aromatic nitrogens is 1. The van der Waals surface area contributed by atoms with Gasteiger partial charge < -0.3 is 5.11 Å². The van der Waals surface area contributed by atoms with E-state index in [0.717, 1.165) is 23.5 Å². The number of benzene rings is 1. The molecule has 12 heteroatoms. The number of anilines is 1. The number of nitrogens with zero attached hydrogens (tertiary/aromatic N) is 1. The molecule has 0 unspecified atom stereocenters. The number of sulfonamides is 1. The summed E-state index contributed by atoms with van der Waals surface area (Å²) in [5, 5.41) is 8.74. The van der Waals surface area contributed by atoms with Crippen molar-refractivity contribution >= 4 is 38.1 Å². The lowest BCUT2D eigenvalue weighted by molar-refractivity contribution is -0.117. The monoisotopic (exact) mass is 388 g/mol. The highest BCUT2D eigenvalue weighted by Gasteiger charge is 2.22. The Morgan fingerprint density at radius 3 is 2.68 bits per heavy atom. The molecule has 0 aliphatic carbocycles. The topological polar surface area (TPSA) is 151 Å². The Labute approximate surface area is 145 Å². The number of nitrogens with one attached hydrogen (secondary N) is 2. The third-order valence-electron chi connectivity index (χ3n) is 3.02. The van der Waals surface area contributed by atoms with Crippen LogP contribution in [0.25, 0.3) is 0 Å². The summed E-state index contributed by atoms with van der Waals surface area (Å²) in [5.74, 6) is 2.36. The van der Waals surface area contributed by atoms with E-state index in [0.29, 0.717) is 0 Å². The van der Waals surface area contributed by atoms with Crippen LogP contribution in [-0.2, 0) is 21.2 Å². The minimum absolute atomic E-state index is 0.0169. The molecule has 134 valence electrons. The number of hydrazine groups is 1. The smallest absolute Gasteiger partial charge is 0.357 e. The fraction of sp³-hybridized carbons (Fsp3) is 0.154. The van der Waals surface area contributed by atoms with Gasteiger partial charge in [0.25, 0.3) is 10.0 Å². The van der Waals surface area contributed by atoms with Crippen molar-refractivity contribution < 1.29 is 27.5 Å². The molecule has 2 aromatic rings. The van der Waals surface area contributed by atoms with E-state index in [1.54, 1.807) is 0 Å². The maximum absolute atomic E-state index is 14.1. The highest BCUT2D eigenvalue weighted by molar-refractivity contribution is 7.93. The molecule has 0 amide bonds. The van der Waals surface area contributed by atoms with Gasteiger partial charge in [-0.25, -0.2) is 22.6 Å². The Balaban J connectivity index is 2.25. The Kier molecular flexibility index (Phi) is 5.79. The van der Waals surface area contributed by atoms with Crippen LogP contribution < -0.4 is 16.0 Å². The number of carbonyl (C=O) groups is 2. The summed E-state index contributed by atoms with van der Waals surface area (Å²) in [5.41, 5.74) is 2.88. The molecule has 0 saturated heterocycles. The van der Waals surface area contributed by atoms with E-state index in [2.05, 4.69) is 15.1 Å². The molecule has 9 nitrogen and oxygen atoms in total. The van der Waals surface area contributed by atoms with Crippen molar-refractivity contribution in [1.82, 2.24) is 10.4 Å². The SMILES string of the molecule is NNCC(=O)Cc1ccc(S(=O)(=O)Nc2scnc2C(=O)O)cc1F. The Morgan fingerprint density at radius 2 is 2.08 bits per heavy atom. The van der Waals surface area contributed by atoms with Crippen molar-refractivity contribution in [3.63, 3.8) is 0 Å². The first-order valence-electron chi connectivity index (χ1n) is 6.67. The molecule has 0 spiro atoms. The molecule has 1 aromatic heterocycles. The van der Waals surface area contributed by atoms with Gasteiger partial charge >= 0.3 is 5.97 Å². The third kappa shape index (κ3) is 4.57. The molecule has 0 bridgehead atoms. The van der Waals surface area contributed by atoms with Gasteiger partial charge in [-0.15, -0.1) is 11.3 Å². The first-order valence-corrected chi connectivity index (χ1v) is 9.04. The highest BCUT2D eigenvalue weighted by atomic mass is 32.2. The molecule has 0 fully saturated rings. The number of carboxylic acid groups (broad SMARTS) is 1. The van der Waals surface area contributed by atoms with E-state index in [-0.39, 0.29) is 29.3 Å². The molecule has 1 heterocycles. The maximum atomic E-state index is 14.1. The van der Waals surface area contributed by atoms with Gasteiger partial charge in [-0.3, -0.25) is 20.8 Å². The van der Waals surface area contributed by atoms with E-state index < -0.39 is 32.4 Å². The van der Waals surface area contributed by atoms with Gasteiger partial charge in [0.05, 0.1) is 17.0 Å². The summed E-state index contributed by atoms with van der Waals surface area (Å²) in [6.45, 7) is -0.148. The summed E-state index contributed by atoms with van der Waals surface area (Å²) < 4.78 is 40.7. The van der Waals surface area contributed by atoms with Crippen LogP contribution in [0.3, 0.4) is 0 Å². The quantitative estimate of drug-likeness (QED) is 0.374. The van der Waals surface area contributed by atoms with Gasteiger partial charge in [-0.2, -0.15) is 0 Å². The molecule has 5 N–H and O–H groups in total. The fourth-order valence-corrected chi connectivity index (χ4v) is 3.88. The van der Waals surface area contributed by atoms with Gasteiger partial charge in [0.1, 0.15) is 10.8 Å². The number of hydrogen-bond donors (Lipinski definition) is 4. The van der Waals surface area contributed by atoms with Crippen LogP contribution in [0.2, 0.25) is 0 Å². The fourth-order valence-electron chi connectivity index (χ4n) is 1.88. The number of Topliss-reactive ketones (excluding diaryl/α,β-unsaturated/α-hetero) is 1. The predicted octanol–water partition coefficient (Wildman–Crippen LogP) is 0.356. The number of halogens is 1. The Morgan fingerprint density at radius 1 is 1.36 bits per heavy atom. The van der Waals surface area contributed by atoms with Crippen molar-refractivity contribution in [2.75, 3.05) is 11.3 Å². The largest absolute Gasteiger partial charge is 0.476 e. The van der Waals surface area contributed by atoms with Gasteiger partial charge in [0.2, 0.25) is 0 Å². The van der Waals surface area contributed by atoms with Crippen LogP contribution >= 0.6 is 11.3 Å².